The van der Waals surface area contributed by atoms with Crippen molar-refractivity contribution in [1.29, 1.82) is 0 Å². The van der Waals surface area contributed by atoms with Crippen molar-refractivity contribution in [2.24, 2.45) is 0 Å². The van der Waals surface area contributed by atoms with E-state index in [1.807, 2.05) is 6.92 Å². The van der Waals surface area contributed by atoms with Crippen LogP contribution >= 0.6 is 0 Å². The average molecular weight is 306 g/mol. The van der Waals surface area contributed by atoms with Crippen LogP contribution in [0.15, 0.2) is 11.1 Å². The maximum Gasteiger partial charge on any atom is 0.283 e. The van der Waals surface area contributed by atoms with Gasteiger partial charge in [-0.15, -0.1) is 5.10 Å². The Balaban J connectivity index is 1.69. The van der Waals surface area contributed by atoms with E-state index >= 15 is 0 Å². The van der Waals surface area contributed by atoms with Crippen molar-refractivity contribution in [3.63, 3.8) is 0 Å². The molecule has 2 aromatic heterocycles. The van der Waals surface area contributed by atoms with Crippen molar-refractivity contribution >= 4 is 17.1 Å². The first-order valence-electron chi connectivity index (χ1n) is 7.36. The molecule has 9 heteroatoms. The van der Waals surface area contributed by atoms with Crippen molar-refractivity contribution in [3.8, 4) is 0 Å². The molecule has 0 spiro atoms. The van der Waals surface area contributed by atoms with Gasteiger partial charge in [-0.1, -0.05) is 5.21 Å². The topological polar surface area (TPSA) is 104 Å². The normalized spacial score (nSPS) is 18.0. The van der Waals surface area contributed by atoms with E-state index in [-0.39, 0.29) is 29.6 Å². The van der Waals surface area contributed by atoms with Crippen LogP contribution in [0.2, 0.25) is 0 Å². The summed E-state index contributed by atoms with van der Waals surface area (Å²) >= 11 is 0. The second-order valence-electron chi connectivity index (χ2n) is 5.19. The minimum absolute atomic E-state index is 0.0747. The zero-order chi connectivity index (χ0) is 15.5. The molecule has 0 unspecified atom stereocenters. The molecular weight excluding hydrogens is 288 g/mol. The van der Waals surface area contributed by atoms with Crippen LogP contribution in [0, 0.1) is 0 Å². The molecule has 2 aromatic rings. The molecule has 0 aliphatic carbocycles. The third-order valence-corrected chi connectivity index (χ3v) is 3.66. The highest BCUT2D eigenvalue weighted by molar-refractivity contribution is 5.76. The Morgan fingerprint density at radius 2 is 2.41 bits per heavy atom. The van der Waals surface area contributed by atoms with Gasteiger partial charge in [0.05, 0.1) is 6.10 Å². The monoisotopic (exact) mass is 306 g/mol. The third-order valence-electron chi connectivity index (χ3n) is 3.66. The van der Waals surface area contributed by atoms with Crippen LogP contribution in [-0.2, 0) is 22.6 Å². The largest absolute Gasteiger partial charge is 0.376 e. The number of carbonyl (C=O) groups excluding carboxylic acids is 1. The Bertz CT molecular complexity index is 731. The van der Waals surface area contributed by atoms with Crippen LogP contribution < -0.4 is 10.9 Å². The Hall–Kier alpha value is -2.29. The number of aromatic nitrogens is 5. The van der Waals surface area contributed by atoms with E-state index in [2.05, 4.69) is 20.6 Å². The fourth-order valence-electron chi connectivity index (χ4n) is 2.46. The van der Waals surface area contributed by atoms with E-state index in [1.54, 1.807) is 4.68 Å². The van der Waals surface area contributed by atoms with E-state index in [1.165, 1.54) is 10.9 Å². The number of fused-ring (bicyclic) bond motifs is 1. The summed E-state index contributed by atoms with van der Waals surface area (Å²) in [6.07, 6.45) is 3.40. The lowest BCUT2D eigenvalue weighted by atomic mass is 10.2. The quantitative estimate of drug-likeness (QED) is 0.783. The second-order valence-corrected chi connectivity index (χ2v) is 5.19. The maximum atomic E-state index is 12.3. The van der Waals surface area contributed by atoms with Gasteiger partial charge in [-0.25, -0.2) is 9.67 Å². The molecule has 1 saturated heterocycles. The van der Waals surface area contributed by atoms with E-state index < -0.39 is 0 Å². The number of nitrogens with zero attached hydrogens (tertiary/aromatic N) is 5. The number of ether oxygens (including phenoxy) is 1. The fraction of sp³-hybridized carbons (Fsp3) is 0.615. The lowest BCUT2D eigenvalue weighted by Gasteiger charge is -2.11. The van der Waals surface area contributed by atoms with E-state index in [0.717, 1.165) is 19.4 Å². The summed E-state index contributed by atoms with van der Waals surface area (Å²) in [5.41, 5.74) is 0.247. The van der Waals surface area contributed by atoms with Gasteiger partial charge in [-0.05, 0) is 19.8 Å². The molecule has 1 atom stereocenters. The summed E-state index contributed by atoms with van der Waals surface area (Å²) in [6, 6.07) is 0. The van der Waals surface area contributed by atoms with Crippen LogP contribution in [0.4, 0.5) is 0 Å². The molecule has 1 fully saturated rings. The highest BCUT2D eigenvalue weighted by Crippen LogP contribution is 2.10. The molecule has 9 nitrogen and oxygen atoms in total. The molecule has 118 valence electrons. The standard InChI is InChI=1S/C13H18N6O3/c1-2-19-12-11(16-17-19)13(21)18(8-15-12)7-10(20)14-6-9-4-3-5-22-9/h8-9H,2-7H2,1H3,(H,14,20)/t9-/m1/s1. The molecule has 3 rings (SSSR count). The van der Waals surface area contributed by atoms with E-state index in [4.69, 9.17) is 4.74 Å². The van der Waals surface area contributed by atoms with Crippen molar-refractivity contribution in [1.82, 2.24) is 29.9 Å². The minimum atomic E-state index is -0.364. The molecule has 0 aromatic carbocycles. The maximum absolute atomic E-state index is 12.3. The number of hydrogen-bond donors (Lipinski definition) is 1. The third kappa shape index (κ3) is 2.84. The van der Waals surface area contributed by atoms with Crippen LogP contribution in [0.3, 0.4) is 0 Å². The van der Waals surface area contributed by atoms with E-state index in [9.17, 15) is 9.59 Å². The van der Waals surface area contributed by atoms with Gasteiger partial charge >= 0.3 is 0 Å². The number of rotatable bonds is 5. The summed E-state index contributed by atoms with van der Waals surface area (Å²) < 4.78 is 8.21. The first kappa shape index (κ1) is 14.6. The number of nitrogens with one attached hydrogen (secondary N) is 1. The summed E-state index contributed by atoms with van der Waals surface area (Å²) in [5, 5.41) is 10.5. The van der Waals surface area contributed by atoms with Gasteiger partial charge in [0.25, 0.3) is 5.56 Å². The van der Waals surface area contributed by atoms with Gasteiger partial charge in [0.2, 0.25) is 5.91 Å². The molecule has 0 bridgehead atoms. The van der Waals surface area contributed by atoms with Crippen LogP contribution in [0.1, 0.15) is 19.8 Å². The Kier molecular flexibility index (Phi) is 4.14. The average Bonchev–Trinajstić information content (AvgIpc) is 3.17. The van der Waals surface area contributed by atoms with Gasteiger partial charge < -0.3 is 10.1 Å². The fourth-order valence-corrected chi connectivity index (χ4v) is 2.46. The molecule has 1 aliphatic rings. The Morgan fingerprint density at radius 1 is 1.55 bits per heavy atom. The second kappa shape index (κ2) is 6.22. The number of amides is 1. The van der Waals surface area contributed by atoms with Crippen molar-refractivity contribution in [2.45, 2.75) is 39.0 Å². The van der Waals surface area contributed by atoms with Gasteiger partial charge in [0.15, 0.2) is 11.2 Å². The number of carbonyl (C=O) groups is 1. The summed E-state index contributed by atoms with van der Waals surface area (Å²) in [5.74, 6) is -0.248. The molecule has 1 amide bonds. The summed E-state index contributed by atoms with van der Waals surface area (Å²) in [7, 11) is 0. The minimum Gasteiger partial charge on any atom is -0.376 e. The Morgan fingerprint density at radius 3 is 3.14 bits per heavy atom. The molecule has 1 N–H and O–H groups in total. The SMILES string of the molecule is CCn1nnc2c(=O)n(CC(=O)NC[C@H]3CCCO3)cnc21. The zero-order valence-corrected chi connectivity index (χ0v) is 12.4. The van der Waals surface area contributed by atoms with Crippen LogP contribution in [-0.4, -0.2) is 49.7 Å². The smallest absolute Gasteiger partial charge is 0.283 e. The molecular formula is C13H18N6O3. The van der Waals surface area contributed by atoms with Crippen molar-refractivity contribution in [2.75, 3.05) is 13.2 Å². The lowest BCUT2D eigenvalue weighted by Crippen LogP contribution is -2.36. The molecule has 0 saturated carbocycles. The molecule has 3 heterocycles. The molecule has 0 radical (unpaired) electrons. The van der Waals surface area contributed by atoms with Crippen LogP contribution in [0.25, 0.3) is 11.2 Å². The summed E-state index contributed by atoms with van der Waals surface area (Å²) in [6.45, 7) is 3.59. The Labute approximate surface area is 126 Å². The zero-order valence-electron chi connectivity index (χ0n) is 12.4. The predicted molar refractivity (Wildman–Crippen MR) is 77.2 cm³/mol. The molecule has 22 heavy (non-hydrogen) atoms. The van der Waals surface area contributed by atoms with Gasteiger partial charge in [0.1, 0.15) is 12.9 Å². The molecule has 1 aliphatic heterocycles. The van der Waals surface area contributed by atoms with Gasteiger partial charge in [-0.2, -0.15) is 0 Å². The lowest BCUT2D eigenvalue weighted by molar-refractivity contribution is -0.122. The first-order valence-corrected chi connectivity index (χ1v) is 7.36. The van der Waals surface area contributed by atoms with Gasteiger partial charge in [-0.3, -0.25) is 14.2 Å². The predicted octanol–water partition coefficient (Wildman–Crippen LogP) is -0.697. The first-order chi connectivity index (χ1) is 10.7. The summed E-state index contributed by atoms with van der Waals surface area (Å²) in [4.78, 5) is 28.3. The van der Waals surface area contributed by atoms with Crippen molar-refractivity contribution in [3.05, 3.63) is 16.7 Å². The highest BCUT2D eigenvalue weighted by atomic mass is 16.5. The van der Waals surface area contributed by atoms with Crippen molar-refractivity contribution < 1.29 is 9.53 Å². The van der Waals surface area contributed by atoms with Gasteiger partial charge in [0, 0.05) is 19.7 Å². The van der Waals surface area contributed by atoms with E-state index in [0.29, 0.717) is 18.7 Å². The number of hydrogen-bond acceptors (Lipinski definition) is 6. The number of aryl methyl sites for hydroxylation is 1. The van der Waals surface area contributed by atoms with Crippen LogP contribution in [0.5, 0.6) is 0 Å². The highest BCUT2D eigenvalue weighted by Gasteiger charge is 2.17.